The number of aryl methyl sites for hydroxylation is 1. The molecule has 1 aliphatic rings. The Balaban J connectivity index is 1.57. The van der Waals surface area contributed by atoms with Crippen LogP contribution < -0.4 is 9.80 Å². The maximum absolute atomic E-state index is 12.8. The van der Waals surface area contributed by atoms with Crippen LogP contribution in [0.25, 0.3) is 0 Å². The number of amides is 1. The molecule has 0 unspecified atom stereocenters. The second-order valence-electron chi connectivity index (χ2n) is 6.72. The number of hydrogen-bond donors (Lipinski definition) is 0. The van der Waals surface area contributed by atoms with Crippen LogP contribution in [0.3, 0.4) is 0 Å². The Morgan fingerprint density at radius 2 is 1.81 bits per heavy atom. The first-order valence-corrected chi connectivity index (χ1v) is 9.54. The summed E-state index contributed by atoms with van der Waals surface area (Å²) >= 11 is 6.09. The third-order valence-corrected chi connectivity index (χ3v) is 5.07. The number of halogens is 1. The summed E-state index contributed by atoms with van der Waals surface area (Å²) < 4.78 is 0. The van der Waals surface area contributed by atoms with Gasteiger partial charge in [0.25, 0.3) is 0 Å². The summed E-state index contributed by atoms with van der Waals surface area (Å²) in [5.74, 6) is 0.161. The first-order valence-electron chi connectivity index (χ1n) is 9.16. The van der Waals surface area contributed by atoms with Gasteiger partial charge in [0.1, 0.15) is 0 Å². The Morgan fingerprint density at radius 3 is 2.46 bits per heavy atom. The average molecular weight is 372 g/mol. The first kappa shape index (κ1) is 18.7. The summed E-state index contributed by atoms with van der Waals surface area (Å²) in [5.41, 5.74) is 3.30. The number of carbonyl (C=O) groups excluding carboxylic acids is 1. The van der Waals surface area contributed by atoms with Crippen molar-refractivity contribution in [2.75, 3.05) is 49.1 Å². The molecule has 2 aromatic rings. The molecule has 0 radical (unpaired) electrons. The van der Waals surface area contributed by atoms with Crippen molar-refractivity contribution in [3.05, 3.63) is 59.1 Å². The highest BCUT2D eigenvalue weighted by Crippen LogP contribution is 2.21. The molecule has 5 heteroatoms. The normalized spacial score (nSPS) is 15.1. The highest BCUT2D eigenvalue weighted by atomic mass is 35.5. The standard InChI is InChI=1S/C21H26ClN3O/c1-3-25(20-9-4-6-17(2)14-20)21(26)16-23-10-12-24(13-11-23)19-8-5-7-18(22)15-19/h4-9,14-15H,3,10-13,16H2,1-2H3. The molecule has 138 valence electrons. The van der Waals surface area contributed by atoms with E-state index in [4.69, 9.17) is 11.6 Å². The second kappa shape index (κ2) is 8.56. The topological polar surface area (TPSA) is 26.8 Å². The van der Waals surface area contributed by atoms with Gasteiger partial charge < -0.3 is 9.80 Å². The third-order valence-electron chi connectivity index (χ3n) is 4.84. The molecule has 0 aliphatic carbocycles. The quantitative estimate of drug-likeness (QED) is 0.799. The van der Waals surface area contributed by atoms with E-state index in [-0.39, 0.29) is 5.91 Å². The van der Waals surface area contributed by atoms with E-state index >= 15 is 0 Å². The van der Waals surface area contributed by atoms with Gasteiger partial charge in [-0.1, -0.05) is 29.8 Å². The maximum atomic E-state index is 12.8. The molecule has 0 spiro atoms. The molecule has 2 aromatic carbocycles. The zero-order valence-corrected chi connectivity index (χ0v) is 16.2. The van der Waals surface area contributed by atoms with Gasteiger partial charge in [0.05, 0.1) is 6.54 Å². The van der Waals surface area contributed by atoms with Gasteiger partial charge in [-0.05, 0) is 49.7 Å². The lowest BCUT2D eigenvalue weighted by Gasteiger charge is -2.36. The highest BCUT2D eigenvalue weighted by molar-refractivity contribution is 6.30. The van der Waals surface area contributed by atoms with Crippen molar-refractivity contribution in [2.45, 2.75) is 13.8 Å². The largest absolute Gasteiger partial charge is 0.369 e. The average Bonchev–Trinajstić information content (AvgIpc) is 2.63. The van der Waals surface area contributed by atoms with Crippen LogP contribution in [-0.2, 0) is 4.79 Å². The predicted octanol–water partition coefficient (Wildman–Crippen LogP) is 3.82. The van der Waals surface area contributed by atoms with Gasteiger partial charge in [0.15, 0.2) is 0 Å². The van der Waals surface area contributed by atoms with Crippen LogP contribution in [0.2, 0.25) is 5.02 Å². The van der Waals surface area contributed by atoms with Crippen molar-refractivity contribution >= 4 is 28.9 Å². The van der Waals surface area contributed by atoms with E-state index in [9.17, 15) is 4.79 Å². The van der Waals surface area contributed by atoms with Crippen molar-refractivity contribution in [1.82, 2.24) is 4.90 Å². The summed E-state index contributed by atoms with van der Waals surface area (Å²) in [4.78, 5) is 19.2. The summed E-state index contributed by atoms with van der Waals surface area (Å²) in [6, 6.07) is 16.1. The molecule has 0 bridgehead atoms. The molecule has 1 aliphatic heterocycles. The van der Waals surface area contributed by atoms with Crippen LogP contribution in [0, 0.1) is 6.92 Å². The van der Waals surface area contributed by atoms with Crippen LogP contribution in [-0.4, -0.2) is 50.1 Å². The number of hydrogen-bond acceptors (Lipinski definition) is 3. The molecule has 0 aromatic heterocycles. The summed E-state index contributed by atoms with van der Waals surface area (Å²) in [6.45, 7) is 8.80. The summed E-state index contributed by atoms with van der Waals surface area (Å²) in [7, 11) is 0. The minimum Gasteiger partial charge on any atom is -0.369 e. The molecule has 26 heavy (non-hydrogen) atoms. The van der Waals surface area contributed by atoms with E-state index in [0.29, 0.717) is 13.1 Å². The summed E-state index contributed by atoms with van der Waals surface area (Å²) in [5, 5.41) is 0.761. The lowest BCUT2D eigenvalue weighted by atomic mass is 10.2. The number of carbonyl (C=O) groups is 1. The molecule has 3 rings (SSSR count). The Labute approximate surface area is 161 Å². The van der Waals surface area contributed by atoms with E-state index < -0.39 is 0 Å². The van der Waals surface area contributed by atoms with Gasteiger partial charge in [-0.2, -0.15) is 0 Å². The molecule has 0 saturated carbocycles. The molecule has 1 heterocycles. The maximum Gasteiger partial charge on any atom is 0.241 e. The molecule has 1 saturated heterocycles. The van der Waals surface area contributed by atoms with E-state index in [1.54, 1.807) is 0 Å². The molecule has 1 fully saturated rings. The van der Waals surface area contributed by atoms with Crippen molar-refractivity contribution in [1.29, 1.82) is 0 Å². The Morgan fingerprint density at radius 1 is 1.08 bits per heavy atom. The Kier molecular flexibility index (Phi) is 6.17. The van der Waals surface area contributed by atoms with Gasteiger partial charge in [-0.15, -0.1) is 0 Å². The molecular formula is C21H26ClN3O. The van der Waals surface area contributed by atoms with Crippen LogP contribution in [0.5, 0.6) is 0 Å². The minimum atomic E-state index is 0.161. The molecule has 4 nitrogen and oxygen atoms in total. The summed E-state index contributed by atoms with van der Waals surface area (Å²) in [6.07, 6.45) is 0. The van der Waals surface area contributed by atoms with Crippen molar-refractivity contribution in [3.8, 4) is 0 Å². The van der Waals surface area contributed by atoms with Gasteiger partial charge in [0.2, 0.25) is 5.91 Å². The van der Waals surface area contributed by atoms with Crippen LogP contribution in [0.1, 0.15) is 12.5 Å². The van der Waals surface area contributed by atoms with Crippen LogP contribution >= 0.6 is 11.6 Å². The number of nitrogens with zero attached hydrogens (tertiary/aromatic N) is 3. The van der Waals surface area contributed by atoms with Gasteiger partial charge in [-0.25, -0.2) is 0 Å². The zero-order chi connectivity index (χ0) is 18.5. The predicted molar refractivity (Wildman–Crippen MR) is 109 cm³/mol. The number of anilines is 2. The monoisotopic (exact) mass is 371 g/mol. The second-order valence-corrected chi connectivity index (χ2v) is 7.16. The Bertz CT molecular complexity index is 756. The van der Waals surface area contributed by atoms with Crippen LogP contribution in [0.4, 0.5) is 11.4 Å². The SMILES string of the molecule is CCN(C(=O)CN1CCN(c2cccc(Cl)c2)CC1)c1cccc(C)c1. The number of piperazine rings is 1. The van der Waals surface area contributed by atoms with Crippen molar-refractivity contribution in [2.24, 2.45) is 0 Å². The van der Waals surface area contributed by atoms with Gasteiger partial charge >= 0.3 is 0 Å². The molecule has 0 atom stereocenters. The minimum absolute atomic E-state index is 0.161. The number of likely N-dealkylation sites (N-methyl/N-ethyl adjacent to an activating group) is 1. The van der Waals surface area contributed by atoms with E-state index in [0.717, 1.165) is 42.6 Å². The van der Waals surface area contributed by atoms with Gasteiger partial charge in [-0.3, -0.25) is 9.69 Å². The van der Waals surface area contributed by atoms with Crippen LogP contribution in [0.15, 0.2) is 48.5 Å². The van der Waals surface area contributed by atoms with Crippen molar-refractivity contribution in [3.63, 3.8) is 0 Å². The van der Waals surface area contributed by atoms with E-state index in [1.165, 1.54) is 5.56 Å². The van der Waals surface area contributed by atoms with Crippen molar-refractivity contribution < 1.29 is 4.79 Å². The Hall–Kier alpha value is -2.04. The molecular weight excluding hydrogens is 346 g/mol. The van der Waals surface area contributed by atoms with Gasteiger partial charge in [0, 0.05) is 49.1 Å². The van der Waals surface area contributed by atoms with E-state index in [1.807, 2.05) is 42.2 Å². The number of benzene rings is 2. The van der Waals surface area contributed by atoms with E-state index in [2.05, 4.69) is 34.9 Å². The lowest BCUT2D eigenvalue weighted by Crippen LogP contribution is -2.50. The number of rotatable bonds is 5. The zero-order valence-electron chi connectivity index (χ0n) is 15.5. The highest BCUT2D eigenvalue weighted by Gasteiger charge is 2.22. The molecule has 0 N–H and O–H groups in total. The first-order chi connectivity index (χ1) is 12.6. The fraction of sp³-hybridized carbons (Fsp3) is 0.381. The third kappa shape index (κ3) is 4.57. The fourth-order valence-corrected chi connectivity index (χ4v) is 3.60. The smallest absolute Gasteiger partial charge is 0.241 e. The fourth-order valence-electron chi connectivity index (χ4n) is 3.41. The molecule has 1 amide bonds. The lowest BCUT2D eigenvalue weighted by molar-refractivity contribution is -0.119.